The summed E-state index contributed by atoms with van der Waals surface area (Å²) >= 11 is 0. The number of imidazole rings is 2. The van der Waals surface area contributed by atoms with E-state index in [-0.39, 0.29) is 60.8 Å². The fourth-order valence-electron chi connectivity index (χ4n) is 5.74. The van der Waals surface area contributed by atoms with Gasteiger partial charge in [0.25, 0.3) is 23.6 Å². The number of aliphatic carboxylic acids is 2. The van der Waals surface area contributed by atoms with E-state index in [1.165, 1.54) is 6.33 Å². The van der Waals surface area contributed by atoms with Gasteiger partial charge in [-0.3, -0.25) is 28.8 Å². The normalized spacial score (nSPS) is 13.4. The monoisotopic (exact) mass is 763 g/mol. The minimum absolute atomic E-state index is 0.0691. The molecule has 3 aromatic heterocycles. The van der Waals surface area contributed by atoms with E-state index in [1.54, 1.807) is 13.1 Å². The number of nitrogens with zero attached hydrogens (tertiary/aromatic N) is 2. The van der Waals surface area contributed by atoms with Crippen molar-refractivity contribution in [1.29, 1.82) is 0 Å². The summed E-state index contributed by atoms with van der Waals surface area (Å²) in [6.45, 7) is 5.54. The van der Waals surface area contributed by atoms with Gasteiger partial charge in [0.2, 0.25) is 0 Å². The number of hydrogen-bond acceptors (Lipinski definition) is 11. The van der Waals surface area contributed by atoms with E-state index in [9.17, 15) is 38.7 Å². The zero-order chi connectivity index (χ0) is 40.2. The molecular formula is C35H45N11O9. The summed E-state index contributed by atoms with van der Waals surface area (Å²) in [7, 11) is 0. The van der Waals surface area contributed by atoms with Gasteiger partial charge >= 0.3 is 11.9 Å². The van der Waals surface area contributed by atoms with Crippen molar-refractivity contribution in [2.45, 2.75) is 64.2 Å². The van der Waals surface area contributed by atoms with Crippen molar-refractivity contribution < 1.29 is 43.8 Å². The smallest absolute Gasteiger partial charge is 0.326 e. The number of nitrogens with two attached hydrogens (primary N) is 1. The van der Waals surface area contributed by atoms with E-state index >= 15 is 0 Å². The average molecular weight is 764 g/mol. The van der Waals surface area contributed by atoms with E-state index in [1.807, 2.05) is 38.1 Å². The van der Waals surface area contributed by atoms with Gasteiger partial charge in [0.05, 0.1) is 31.7 Å². The third-order valence-corrected chi connectivity index (χ3v) is 8.45. The number of ketones is 1. The van der Waals surface area contributed by atoms with Crippen LogP contribution in [0.5, 0.6) is 0 Å². The van der Waals surface area contributed by atoms with Crippen LogP contribution in [-0.4, -0.2) is 120 Å². The van der Waals surface area contributed by atoms with Crippen LogP contribution in [0.2, 0.25) is 0 Å². The Bertz CT molecular complexity index is 2020. The van der Waals surface area contributed by atoms with Gasteiger partial charge in [0.1, 0.15) is 17.4 Å². The number of benzene rings is 1. The highest BCUT2D eigenvalue weighted by molar-refractivity contribution is 6.07. The number of hydrogen-bond donors (Lipinski definition) is 11. The molecule has 4 rings (SSSR count). The van der Waals surface area contributed by atoms with Crippen molar-refractivity contribution in [3.05, 3.63) is 71.5 Å². The predicted octanol–water partition coefficient (Wildman–Crippen LogP) is -0.307. The summed E-state index contributed by atoms with van der Waals surface area (Å²) < 4.78 is 0. The van der Waals surface area contributed by atoms with Crippen LogP contribution in [0.25, 0.3) is 10.9 Å². The number of Topliss-reactive ketones (excluding diaryl/α,β-unsaturated/α-hetero) is 1. The zero-order valence-corrected chi connectivity index (χ0v) is 30.4. The first-order valence-corrected chi connectivity index (χ1v) is 17.4. The number of rotatable bonds is 21. The molecule has 55 heavy (non-hydrogen) atoms. The van der Waals surface area contributed by atoms with Crippen LogP contribution >= 0.6 is 0 Å². The second kappa shape index (κ2) is 19.1. The number of carbonyl (C=O) groups is 7. The van der Waals surface area contributed by atoms with Crippen molar-refractivity contribution >= 4 is 52.3 Å². The van der Waals surface area contributed by atoms with Crippen LogP contribution in [0.3, 0.4) is 0 Å². The number of aromatic nitrogens is 5. The molecular weight excluding hydrogens is 718 g/mol. The highest BCUT2D eigenvalue weighted by Crippen LogP contribution is 2.20. The fraction of sp³-hybridized carbons (Fsp3) is 0.400. The molecule has 0 spiro atoms. The number of carboxylic acids is 2. The number of carboxylic acid groups (broad SMARTS) is 2. The molecule has 0 aliphatic rings. The molecule has 0 saturated carbocycles. The molecule has 0 bridgehead atoms. The quantitative estimate of drug-likeness (QED) is 0.0520. The van der Waals surface area contributed by atoms with Gasteiger partial charge in [-0.05, 0) is 30.9 Å². The van der Waals surface area contributed by atoms with Gasteiger partial charge < -0.3 is 57.5 Å². The lowest BCUT2D eigenvalue weighted by Gasteiger charge is -2.22. The molecule has 20 heteroatoms. The molecule has 0 aliphatic carbocycles. The van der Waals surface area contributed by atoms with Crippen LogP contribution in [0.1, 0.15) is 81.1 Å². The van der Waals surface area contributed by atoms with Crippen molar-refractivity contribution in [2.75, 3.05) is 19.6 Å². The van der Waals surface area contributed by atoms with E-state index in [0.29, 0.717) is 6.42 Å². The molecule has 1 aromatic carbocycles. The van der Waals surface area contributed by atoms with E-state index in [2.05, 4.69) is 51.5 Å². The van der Waals surface area contributed by atoms with Gasteiger partial charge in [0, 0.05) is 48.7 Å². The van der Waals surface area contributed by atoms with E-state index in [0.717, 1.165) is 22.8 Å². The van der Waals surface area contributed by atoms with Crippen molar-refractivity contribution in [2.24, 2.45) is 11.7 Å². The minimum atomic E-state index is -1.75. The minimum Gasteiger partial charge on any atom is -0.481 e. The van der Waals surface area contributed by atoms with Crippen molar-refractivity contribution in [3.8, 4) is 0 Å². The summed E-state index contributed by atoms with van der Waals surface area (Å²) in [5, 5.41) is 32.5. The summed E-state index contributed by atoms with van der Waals surface area (Å²) in [6, 6.07) is 3.68. The summed E-state index contributed by atoms with van der Waals surface area (Å²) in [5.74, 6) is -6.54. The molecule has 294 valence electrons. The van der Waals surface area contributed by atoms with E-state index < -0.39 is 65.9 Å². The Morgan fingerprint density at radius 1 is 0.782 bits per heavy atom. The maximum absolute atomic E-state index is 13.8. The SMILES string of the molecule is CC(C)C[C@@H](CNCC(=O)[C@H](Cc1c[nH]c2ccccc12)NC(=O)c1[nH]cnc1C(=O)N[C@@H](C)CN)NC(=O)c1nc[nH]c1C(=O)N[C@@H](CC(=O)O)C(=O)O. The molecule has 3 heterocycles. The molecule has 20 nitrogen and oxygen atoms in total. The highest BCUT2D eigenvalue weighted by Gasteiger charge is 2.30. The number of para-hydroxylation sites is 1. The van der Waals surface area contributed by atoms with Gasteiger partial charge in [-0.1, -0.05) is 32.0 Å². The Morgan fingerprint density at radius 2 is 1.38 bits per heavy atom. The number of H-pyrrole nitrogens is 3. The molecule has 4 amide bonds. The first-order valence-electron chi connectivity index (χ1n) is 17.4. The Kier molecular flexibility index (Phi) is 14.3. The van der Waals surface area contributed by atoms with Crippen LogP contribution in [-0.2, 0) is 20.8 Å². The third-order valence-electron chi connectivity index (χ3n) is 8.45. The second-order valence-corrected chi connectivity index (χ2v) is 13.3. The summed E-state index contributed by atoms with van der Waals surface area (Å²) in [5.41, 5.74) is 6.18. The zero-order valence-electron chi connectivity index (χ0n) is 30.4. The Labute approximate surface area is 314 Å². The molecule has 4 atom stereocenters. The van der Waals surface area contributed by atoms with Gasteiger partial charge in [0.15, 0.2) is 17.2 Å². The Morgan fingerprint density at radius 3 is 1.96 bits per heavy atom. The number of carbonyl (C=O) groups excluding carboxylic acids is 5. The first kappa shape index (κ1) is 41.3. The summed E-state index contributed by atoms with van der Waals surface area (Å²) in [4.78, 5) is 105. The predicted molar refractivity (Wildman–Crippen MR) is 196 cm³/mol. The van der Waals surface area contributed by atoms with Crippen LogP contribution in [0, 0.1) is 5.92 Å². The molecule has 4 aromatic rings. The third kappa shape index (κ3) is 11.3. The highest BCUT2D eigenvalue weighted by atomic mass is 16.4. The number of fused-ring (bicyclic) bond motifs is 1. The topological polar surface area (TPSA) is 319 Å². The lowest BCUT2D eigenvalue weighted by molar-refractivity contribution is -0.145. The number of aromatic amines is 3. The average Bonchev–Trinajstić information content (AvgIpc) is 3.91. The summed E-state index contributed by atoms with van der Waals surface area (Å²) in [6.07, 6.45) is 3.65. The Hall–Kier alpha value is -6.41. The van der Waals surface area contributed by atoms with Crippen LogP contribution in [0.4, 0.5) is 0 Å². The van der Waals surface area contributed by atoms with Crippen LogP contribution < -0.4 is 32.3 Å². The lowest BCUT2D eigenvalue weighted by Crippen LogP contribution is -2.49. The lowest BCUT2D eigenvalue weighted by atomic mass is 10.0. The molecule has 0 saturated heterocycles. The first-order chi connectivity index (χ1) is 26.2. The van der Waals surface area contributed by atoms with Crippen molar-refractivity contribution in [3.63, 3.8) is 0 Å². The van der Waals surface area contributed by atoms with E-state index in [4.69, 9.17) is 10.8 Å². The fourth-order valence-corrected chi connectivity index (χ4v) is 5.74. The number of amides is 4. The molecule has 12 N–H and O–H groups in total. The maximum atomic E-state index is 13.8. The maximum Gasteiger partial charge on any atom is 0.326 e. The van der Waals surface area contributed by atoms with Crippen molar-refractivity contribution in [1.82, 2.24) is 51.5 Å². The van der Waals surface area contributed by atoms with Gasteiger partial charge in [-0.2, -0.15) is 0 Å². The molecule has 0 radical (unpaired) electrons. The standard InChI is InChI=1S/C35H45N11O9/c1-17(2)8-20(44-32(51)28-30(42-16-40-28)34(53)46-24(35(54)55)10-26(48)49)13-37-14-25(47)23(9-19-12-38-22-7-5-4-6-21(19)22)45-33(52)29-27(39-15-41-29)31(50)43-18(3)11-36/h4-7,12,15-18,20,23-24,37-38H,8-11,13-14,36H2,1-3H3,(H,39,41)(H,40,42)(H,43,50)(H,44,51)(H,45,52)(H,46,53)(H,48,49)(H,54,55)/t18-,20-,23-,24-/m0/s1. The molecule has 0 fully saturated rings. The van der Waals surface area contributed by atoms with Gasteiger partial charge in [-0.15, -0.1) is 0 Å². The van der Waals surface area contributed by atoms with Crippen LogP contribution in [0.15, 0.2) is 43.1 Å². The molecule has 0 aliphatic heterocycles. The largest absolute Gasteiger partial charge is 0.481 e. The number of nitrogens with one attached hydrogen (secondary N) is 8. The Balaban J connectivity index is 1.47. The molecule has 0 unspecified atom stereocenters. The van der Waals surface area contributed by atoms with Gasteiger partial charge in [-0.25, -0.2) is 14.8 Å². The second-order valence-electron chi connectivity index (χ2n) is 13.3.